The second-order valence-corrected chi connectivity index (χ2v) is 4.31. The van der Waals surface area contributed by atoms with E-state index in [9.17, 15) is 0 Å². The molecule has 21 heavy (non-hydrogen) atoms. The maximum atomic E-state index is 5.90. The Labute approximate surface area is 125 Å². The number of methoxy groups -OCH3 is 1. The van der Waals surface area contributed by atoms with Gasteiger partial charge in [-0.2, -0.15) is 0 Å². The van der Waals surface area contributed by atoms with Crippen LogP contribution in [0.1, 0.15) is 6.92 Å². The van der Waals surface area contributed by atoms with Gasteiger partial charge in [0.1, 0.15) is 25.7 Å². The van der Waals surface area contributed by atoms with Gasteiger partial charge in [-0.1, -0.05) is 24.2 Å². The molecule has 1 N–H and O–H groups in total. The Morgan fingerprint density at radius 3 is 2.86 bits per heavy atom. The predicted molar refractivity (Wildman–Crippen MR) is 88.2 cm³/mol. The van der Waals surface area contributed by atoms with Crippen LogP contribution in [0.5, 0.6) is 5.75 Å². The number of nitrogens with zero attached hydrogens (tertiary/aromatic N) is 2. The van der Waals surface area contributed by atoms with Crippen LogP contribution in [0.4, 0.5) is 5.82 Å². The van der Waals surface area contributed by atoms with Gasteiger partial charge in [0.15, 0.2) is 0 Å². The molecule has 0 saturated carbocycles. The minimum absolute atomic E-state index is 0.544. The molecule has 0 bridgehead atoms. The Kier molecular flexibility index (Phi) is 4.77. The smallest absolute Gasteiger partial charge is 0.141 e. The highest BCUT2D eigenvalue weighted by Crippen LogP contribution is 2.23. The quantitative estimate of drug-likeness (QED) is 0.673. The van der Waals surface area contributed by atoms with Crippen molar-refractivity contribution in [1.82, 2.24) is 9.97 Å². The summed E-state index contributed by atoms with van der Waals surface area (Å²) in [6, 6.07) is 3.59. The van der Waals surface area contributed by atoms with Gasteiger partial charge in [0.2, 0.25) is 0 Å². The fourth-order valence-electron chi connectivity index (χ4n) is 1.87. The molecule has 104 valence electrons. The summed E-state index contributed by atoms with van der Waals surface area (Å²) in [6.07, 6.45) is 8.99. The van der Waals surface area contributed by atoms with Crippen molar-refractivity contribution in [2.24, 2.45) is 0 Å². The van der Waals surface area contributed by atoms with Crippen molar-refractivity contribution in [3.8, 4) is 5.75 Å². The molecule has 1 heterocycles. The molecule has 1 aromatic heterocycles. The monoisotopic (exact) mass is 277 g/mol. The first-order chi connectivity index (χ1) is 10.2. The molecule has 0 aliphatic rings. The Morgan fingerprint density at radius 1 is 1.38 bits per heavy atom. The first-order valence-corrected chi connectivity index (χ1v) is 6.50. The number of anilines is 1. The number of fused-ring (bicyclic) bond motifs is 1. The van der Waals surface area contributed by atoms with Crippen LogP contribution < -0.4 is 15.5 Å². The lowest BCUT2D eigenvalue weighted by molar-refractivity contribution is 0.419. The molecule has 0 spiro atoms. The lowest BCUT2D eigenvalue weighted by Gasteiger charge is -2.11. The van der Waals surface area contributed by atoms with Gasteiger partial charge in [-0.05, 0) is 31.2 Å². The normalized spacial score (nSPS) is 11.8. The zero-order valence-corrected chi connectivity index (χ0v) is 12.1. The number of aromatic nitrogens is 2. The summed E-state index contributed by atoms with van der Waals surface area (Å²) in [5.41, 5.74) is 2.13. The van der Waals surface area contributed by atoms with Gasteiger partial charge < -0.3 is 10.1 Å². The van der Waals surface area contributed by atoms with E-state index in [1.165, 1.54) is 6.33 Å². The lowest BCUT2D eigenvalue weighted by Crippen LogP contribution is -2.08. The average molecular weight is 277 g/mol. The fourth-order valence-corrected chi connectivity index (χ4v) is 1.87. The molecule has 0 aliphatic carbocycles. The van der Waals surface area contributed by atoms with Crippen molar-refractivity contribution < 1.29 is 4.74 Å². The second-order valence-electron chi connectivity index (χ2n) is 4.31. The summed E-state index contributed by atoms with van der Waals surface area (Å²) in [4.78, 5) is 8.50. The summed E-state index contributed by atoms with van der Waals surface area (Å²) < 4.78 is 5.25. The molecule has 4 nitrogen and oxygen atoms in total. The number of allylic oxidation sites excluding steroid dienone is 4. The van der Waals surface area contributed by atoms with Gasteiger partial charge in [0, 0.05) is 11.1 Å². The third kappa shape index (κ3) is 3.31. The van der Waals surface area contributed by atoms with Crippen molar-refractivity contribution >= 4 is 30.0 Å². The van der Waals surface area contributed by atoms with Crippen molar-refractivity contribution in [3.63, 3.8) is 0 Å². The first kappa shape index (κ1) is 14.8. The molecule has 0 aliphatic heterocycles. The third-order valence-electron chi connectivity index (χ3n) is 2.94. The molecule has 2 rings (SSSR count). The van der Waals surface area contributed by atoms with Crippen molar-refractivity contribution in [3.05, 3.63) is 55.0 Å². The standard InChI is InChI=1S/C16H16BN3O/c1-4-6-7-11(5-2)20-16-12-8-15(21-3)13(17)9-14(12)18-10-19-16/h4-10H,2H2,1,3H3,(H,18,19,20)/b6-4-,11-7+. The molecular formula is C16H16BN3O. The van der Waals surface area contributed by atoms with Crippen LogP contribution in [0, 0.1) is 0 Å². The zero-order chi connectivity index (χ0) is 15.2. The van der Waals surface area contributed by atoms with E-state index in [1.807, 2.05) is 31.2 Å². The van der Waals surface area contributed by atoms with Crippen LogP contribution in [-0.4, -0.2) is 24.9 Å². The molecule has 2 radical (unpaired) electrons. The van der Waals surface area contributed by atoms with Crippen LogP contribution >= 0.6 is 0 Å². The minimum Gasteiger partial charge on any atom is -0.497 e. The number of rotatable bonds is 5. The molecule has 0 saturated heterocycles. The number of hydrogen-bond donors (Lipinski definition) is 1. The maximum absolute atomic E-state index is 5.90. The third-order valence-corrected chi connectivity index (χ3v) is 2.94. The van der Waals surface area contributed by atoms with Crippen LogP contribution in [0.25, 0.3) is 10.9 Å². The van der Waals surface area contributed by atoms with E-state index >= 15 is 0 Å². The van der Waals surface area contributed by atoms with Gasteiger partial charge >= 0.3 is 0 Å². The summed E-state index contributed by atoms with van der Waals surface area (Å²) in [5, 5.41) is 4.05. The summed E-state index contributed by atoms with van der Waals surface area (Å²) in [5.74, 6) is 1.27. The van der Waals surface area contributed by atoms with Gasteiger partial charge in [-0.25, -0.2) is 9.97 Å². The van der Waals surface area contributed by atoms with Crippen molar-refractivity contribution in [2.75, 3.05) is 12.4 Å². The summed E-state index contributed by atoms with van der Waals surface area (Å²) in [6.45, 7) is 5.73. The number of benzene rings is 1. The lowest BCUT2D eigenvalue weighted by atomic mass is 9.93. The van der Waals surface area contributed by atoms with Crippen molar-refractivity contribution in [1.29, 1.82) is 0 Å². The molecular weight excluding hydrogens is 261 g/mol. The second kappa shape index (κ2) is 6.75. The molecule has 0 atom stereocenters. The van der Waals surface area contributed by atoms with E-state index in [0.29, 0.717) is 17.0 Å². The molecule has 0 amide bonds. The van der Waals surface area contributed by atoms with E-state index in [2.05, 4.69) is 21.9 Å². The van der Waals surface area contributed by atoms with Gasteiger partial charge in [0.25, 0.3) is 0 Å². The molecule has 2 aromatic rings. The highest BCUT2D eigenvalue weighted by molar-refractivity contribution is 6.35. The van der Waals surface area contributed by atoms with Crippen LogP contribution in [-0.2, 0) is 0 Å². The predicted octanol–water partition coefficient (Wildman–Crippen LogP) is 2.49. The highest BCUT2D eigenvalue weighted by atomic mass is 16.5. The van der Waals surface area contributed by atoms with E-state index in [0.717, 1.165) is 16.6 Å². The van der Waals surface area contributed by atoms with Crippen LogP contribution in [0.2, 0.25) is 0 Å². The van der Waals surface area contributed by atoms with E-state index in [-0.39, 0.29) is 0 Å². The first-order valence-electron chi connectivity index (χ1n) is 6.50. The number of hydrogen-bond acceptors (Lipinski definition) is 4. The Morgan fingerprint density at radius 2 is 2.19 bits per heavy atom. The van der Waals surface area contributed by atoms with Crippen LogP contribution in [0.15, 0.2) is 55.0 Å². The molecule has 1 aromatic carbocycles. The Bertz CT molecular complexity index is 723. The molecule has 0 unspecified atom stereocenters. The SMILES string of the molecule is [B]c1cc2ncnc(N/C(C=C)=C/C=C\C)c2cc1OC. The molecule has 0 fully saturated rings. The number of ether oxygens (including phenoxy) is 1. The Hall–Kier alpha value is -2.56. The van der Waals surface area contributed by atoms with E-state index in [4.69, 9.17) is 12.6 Å². The van der Waals surface area contributed by atoms with Gasteiger partial charge in [-0.15, -0.1) is 0 Å². The van der Waals surface area contributed by atoms with Crippen molar-refractivity contribution in [2.45, 2.75) is 6.92 Å². The van der Waals surface area contributed by atoms with Crippen LogP contribution in [0.3, 0.4) is 0 Å². The summed E-state index contributed by atoms with van der Waals surface area (Å²) in [7, 11) is 7.48. The maximum Gasteiger partial charge on any atom is 0.141 e. The van der Waals surface area contributed by atoms with E-state index < -0.39 is 0 Å². The largest absolute Gasteiger partial charge is 0.497 e. The van der Waals surface area contributed by atoms with Gasteiger partial charge in [0.05, 0.1) is 12.6 Å². The summed E-state index contributed by atoms with van der Waals surface area (Å²) >= 11 is 0. The number of nitrogens with one attached hydrogen (secondary N) is 1. The van der Waals surface area contributed by atoms with Gasteiger partial charge in [-0.3, -0.25) is 0 Å². The average Bonchev–Trinajstić information content (AvgIpc) is 2.50. The topological polar surface area (TPSA) is 47.0 Å². The molecule has 5 heteroatoms. The zero-order valence-electron chi connectivity index (χ0n) is 12.1. The highest BCUT2D eigenvalue weighted by Gasteiger charge is 2.08. The minimum atomic E-state index is 0.544. The Balaban J connectivity index is 2.51. The van der Waals surface area contributed by atoms with E-state index in [1.54, 1.807) is 19.3 Å². The fraction of sp³-hybridized carbons (Fsp3) is 0.125.